The van der Waals surface area contributed by atoms with Crippen molar-refractivity contribution in [2.45, 2.75) is 23.8 Å². The summed E-state index contributed by atoms with van der Waals surface area (Å²) in [6.07, 6.45) is 6.88. The highest BCUT2D eigenvalue weighted by Crippen LogP contribution is 2.33. The zero-order chi connectivity index (χ0) is 12.5. The highest BCUT2D eigenvalue weighted by molar-refractivity contribution is 7.98. The van der Waals surface area contributed by atoms with Gasteiger partial charge in [-0.2, -0.15) is 0 Å². The molecule has 5 nitrogen and oxygen atoms in total. The maximum Gasteiger partial charge on any atom is 0.231 e. The Balaban J connectivity index is 2.28. The third-order valence-electron chi connectivity index (χ3n) is 2.16. The predicted octanol–water partition coefficient (Wildman–Crippen LogP) is 1.72. The highest BCUT2D eigenvalue weighted by atomic mass is 32.2. The number of anilines is 1. The van der Waals surface area contributed by atoms with Gasteiger partial charge in [-0.05, 0) is 25.2 Å². The van der Waals surface area contributed by atoms with E-state index >= 15 is 0 Å². The topological polar surface area (TPSA) is 68.3 Å². The summed E-state index contributed by atoms with van der Waals surface area (Å²) in [7, 11) is -3.33. The molecular weight excluding hydrogens is 260 g/mol. The molecule has 17 heavy (non-hydrogen) atoms. The molecule has 1 N–H and O–H groups in total. The number of nitrogens with one attached hydrogen (secondary N) is 1. The minimum absolute atomic E-state index is 0.203. The number of pyridine rings is 1. The third-order valence-corrected chi connectivity index (χ3v) is 3.42. The van der Waals surface area contributed by atoms with Gasteiger partial charge in [-0.15, -0.1) is 11.8 Å². The number of nitrogens with zero attached hydrogens (tertiary/aromatic N) is 1. The van der Waals surface area contributed by atoms with Crippen molar-refractivity contribution in [1.82, 2.24) is 4.98 Å². The van der Waals surface area contributed by atoms with E-state index in [1.165, 1.54) is 11.8 Å². The van der Waals surface area contributed by atoms with Crippen LogP contribution in [0.5, 0.6) is 5.75 Å². The smallest absolute Gasteiger partial charge is 0.231 e. The monoisotopic (exact) mass is 274 g/mol. The van der Waals surface area contributed by atoms with Crippen molar-refractivity contribution in [3.8, 4) is 5.75 Å². The van der Waals surface area contributed by atoms with Crippen molar-refractivity contribution in [3.05, 3.63) is 12.3 Å². The third kappa shape index (κ3) is 3.78. The number of hydrogen-bond acceptors (Lipinski definition) is 5. The molecular formula is C10H14N2O3S2. The van der Waals surface area contributed by atoms with Crippen LogP contribution in [-0.2, 0) is 10.0 Å². The molecule has 94 valence electrons. The molecule has 1 saturated carbocycles. The molecule has 0 bridgehead atoms. The lowest BCUT2D eigenvalue weighted by atomic mass is 10.4. The summed E-state index contributed by atoms with van der Waals surface area (Å²) in [5.74, 6) is 0.766. The molecule has 0 spiro atoms. The molecule has 1 aliphatic rings. The van der Waals surface area contributed by atoms with E-state index in [9.17, 15) is 8.42 Å². The number of aromatic nitrogens is 1. The minimum Gasteiger partial charge on any atom is -0.486 e. The van der Waals surface area contributed by atoms with E-state index in [1.54, 1.807) is 6.20 Å². The van der Waals surface area contributed by atoms with E-state index in [4.69, 9.17) is 4.74 Å². The average Bonchev–Trinajstić information content (AvgIpc) is 3.02. The van der Waals surface area contributed by atoms with Crippen LogP contribution in [-0.4, -0.2) is 32.0 Å². The second-order valence-electron chi connectivity index (χ2n) is 3.91. The summed E-state index contributed by atoms with van der Waals surface area (Å²) in [6, 6.07) is 1.81. The Morgan fingerprint density at radius 2 is 2.24 bits per heavy atom. The molecule has 1 aromatic rings. The molecule has 0 unspecified atom stereocenters. The Morgan fingerprint density at radius 3 is 2.76 bits per heavy atom. The molecule has 1 aromatic heterocycles. The number of ether oxygens (including phenoxy) is 1. The Hall–Kier alpha value is -0.950. The van der Waals surface area contributed by atoms with Crippen LogP contribution in [0, 0.1) is 0 Å². The predicted molar refractivity (Wildman–Crippen MR) is 68.1 cm³/mol. The largest absolute Gasteiger partial charge is 0.486 e. The van der Waals surface area contributed by atoms with Gasteiger partial charge < -0.3 is 4.74 Å². The Morgan fingerprint density at radius 1 is 1.53 bits per heavy atom. The van der Waals surface area contributed by atoms with E-state index in [1.807, 2.05) is 12.3 Å². The number of rotatable bonds is 5. The van der Waals surface area contributed by atoms with Gasteiger partial charge >= 0.3 is 0 Å². The van der Waals surface area contributed by atoms with Gasteiger partial charge in [0.25, 0.3) is 0 Å². The first-order chi connectivity index (χ1) is 7.98. The minimum atomic E-state index is -3.33. The molecule has 1 fully saturated rings. The summed E-state index contributed by atoms with van der Waals surface area (Å²) < 4.78 is 30.4. The van der Waals surface area contributed by atoms with Gasteiger partial charge in [0.1, 0.15) is 0 Å². The van der Waals surface area contributed by atoms with Gasteiger partial charge in [0.15, 0.2) is 11.6 Å². The van der Waals surface area contributed by atoms with Crippen molar-refractivity contribution in [2.75, 3.05) is 17.2 Å². The Bertz CT molecular complexity index is 512. The maximum atomic E-state index is 11.2. The van der Waals surface area contributed by atoms with Crippen LogP contribution in [0.3, 0.4) is 0 Å². The lowest BCUT2D eigenvalue weighted by molar-refractivity contribution is 0.303. The van der Waals surface area contributed by atoms with Crippen molar-refractivity contribution in [2.24, 2.45) is 0 Å². The van der Waals surface area contributed by atoms with E-state index in [0.717, 1.165) is 24.0 Å². The first kappa shape index (κ1) is 12.5. The molecule has 2 rings (SSSR count). The van der Waals surface area contributed by atoms with E-state index in [-0.39, 0.29) is 11.9 Å². The van der Waals surface area contributed by atoms with Crippen molar-refractivity contribution in [3.63, 3.8) is 0 Å². The fourth-order valence-corrected chi connectivity index (χ4v) is 2.13. The van der Waals surface area contributed by atoms with Crippen LogP contribution in [0.25, 0.3) is 0 Å². The SMILES string of the molecule is CSc1cnc(NS(C)(=O)=O)c(OC2CC2)c1. The fraction of sp³-hybridized carbons (Fsp3) is 0.500. The van der Waals surface area contributed by atoms with Gasteiger partial charge in [0.05, 0.1) is 12.4 Å². The van der Waals surface area contributed by atoms with Gasteiger partial charge in [0, 0.05) is 11.1 Å². The molecule has 1 aliphatic carbocycles. The van der Waals surface area contributed by atoms with Crippen LogP contribution >= 0.6 is 11.8 Å². The molecule has 1 heterocycles. The molecule has 0 radical (unpaired) electrons. The first-order valence-corrected chi connectivity index (χ1v) is 8.28. The van der Waals surface area contributed by atoms with Crippen LogP contribution < -0.4 is 9.46 Å². The van der Waals surface area contributed by atoms with Gasteiger partial charge in [0.2, 0.25) is 10.0 Å². The van der Waals surface area contributed by atoms with Crippen LogP contribution in [0.1, 0.15) is 12.8 Å². The van der Waals surface area contributed by atoms with Gasteiger partial charge in [-0.25, -0.2) is 13.4 Å². The molecule has 0 atom stereocenters. The summed E-state index contributed by atoms with van der Waals surface area (Å²) in [5.41, 5.74) is 0. The maximum absolute atomic E-state index is 11.2. The van der Waals surface area contributed by atoms with Crippen molar-refractivity contribution >= 4 is 27.6 Å². The Labute approximate surface area is 105 Å². The quantitative estimate of drug-likeness (QED) is 0.828. The van der Waals surface area contributed by atoms with E-state index in [2.05, 4.69) is 9.71 Å². The molecule has 0 aliphatic heterocycles. The lowest BCUT2D eigenvalue weighted by Crippen LogP contribution is -2.12. The number of thioether (sulfide) groups is 1. The second-order valence-corrected chi connectivity index (χ2v) is 6.54. The normalized spacial score (nSPS) is 15.6. The lowest BCUT2D eigenvalue weighted by Gasteiger charge is -2.11. The fourth-order valence-electron chi connectivity index (χ4n) is 1.25. The van der Waals surface area contributed by atoms with Gasteiger partial charge in [-0.3, -0.25) is 4.72 Å². The summed E-state index contributed by atoms with van der Waals surface area (Å²) in [4.78, 5) is 5.02. The van der Waals surface area contributed by atoms with Crippen LogP contribution in [0.4, 0.5) is 5.82 Å². The standard InChI is InChI=1S/C10H14N2O3S2/c1-16-8-5-9(15-7-3-4-7)10(11-6-8)12-17(2,13)14/h5-7H,3-4H2,1-2H3,(H,11,12). The van der Waals surface area contributed by atoms with Crippen LogP contribution in [0.2, 0.25) is 0 Å². The van der Waals surface area contributed by atoms with Crippen molar-refractivity contribution < 1.29 is 13.2 Å². The van der Waals surface area contributed by atoms with Crippen molar-refractivity contribution in [1.29, 1.82) is 0 Å². The zero-order valence-corrected chi connectivity index (χ0v) is 11.3. The number of sulfonamides is 1. The summed E-state index contributed by atoms with van der Waals surface area (Å²) >= 11 is 1.54. The Kier molecular flexibility index (Phi) is 3.48. The molecule has 7 heteroatoms. The molecule has 0 aromatic carbocycles. The van der Waals surface area contributed by atoms with Crippen LogP contribution in [0.15, 0.2) is 17.2 Å². The number of hydrogen-bond donors (Lipinski definition) is 1. The highest BCUT2D eigenvalue weighted by Gasteiger charge is 2.25. The van der Waals surface area contributed by atoms with E-state index in [0.29, 0.717) is 5.75 Å². The molecule has 0 amide bonds. The second kappa shape index (κ2) is 4.73. The van der Waals surface area contributed by atoms with Gasteiger partial charge in [-0.1, -0.05) is 0 Å². The first-order valence-electron chi connectivity index (χ1n) is 5.16. The summed E-state index contributed by atoms with van der Waals surface area (Å²) in [6.45, 7) is 0. The summed E-state index contributed by atoms with van der Waals surface area (Å²) in [5, 5.41) is 0. The molecule has 0 saturated heterocycles. The average molecular weight is 274 g/mol. The zero-order valence-electron chi connectivity index (χ0n) is 9.63. The van der Waals surface area contributed by atoms with E-state index < -0.39 is 10.0 Å².